The second-order valence-electron chi connectivity index (χ2n) is 5.49. The number of ether oxygens (including phenoxy) is 1. The molecule has 2 N–H and O–H groups in total. The van der Waals surface area contributed by atoms with Crippen molar-refractivity contribution in [3.8, 4) is 0 Å². The average molecular weight is 241 g/mol. The third-order valence-corrected chi connectivity index (χ3v) is 3.96. The van der Waals surface area contributed by atoms with E-state index in [9.17, 15) is 14.7 Å². The number of carbonyl (C=O) groups is 2. The van der Waals surface area contributed by atoms with Crippen molar-refractivity contribution in [2.24, 2.45) is 11.3 Å². The van der Waals surface area contributed by atoms with Gasteiger partial charge in [0.05, 0.1) is 6.10 Å². The molecule has 17 heavy (non-hydrogen) atoms. The molecular formula is C12H19NO4. The van der Waals surface area contributed by atoms with Gasteiger partial charge in [-0.2, -0.15) is 0 Å². The SMILES string of the molecule is CC(C)C1CC2(CCO1)CC(=O)NC2C(=O)O. The fourth-order valence-corrected chi connectivity index (χ4v) is 2.94. The minimum Gasteiger partial charge on any atom is -0.480 e. The van der Waals surface area contributed by atoms with E-state index in [1.165, 1.54) is 0 Å². The summed E-state index contributed by atoms with van der Waals surface area (Å²) < 4.78 is 5.66. The minimum absolute atomic E-state index is 0.0540. The van der Waals surface area contributed by atoms with E-state index in [-0.39, 0.29) is 12.0 Å². The Morgan fingerprint density at radius 1 is 1.59 bits per heavy atom. The van der Waals surface area contributed by atoms with Crippen molar-refractivity contribution in [1.82, 2.24) is 5.32 Å². The first-order valence-electron chi connectivity index (χ1n) is 6.08. The molecule has 96 valence electrons. The second-order valence-corrected chi connectivity index (χ2v) is 5.49. The molecule has 2 aliphatic heterocycles. The largest absolute Gasteiger partial charge is 0.480 e. The summed E-state index contributed by atoms with van der Waals surface area (Å²) in [5, 5.41) is 11.8. The van der Waals surface area contributed by atoms with Crippen LogP contribution in [0.25, 0.3) is 0 Å². The molecular weight excluding hydrogens is 222 g/mol. The third kappa shape index (κ3) is 2.16. The molecule has 5 nitrogen and oxygen atoms in total. The normalized spacial score (nSPS) is 37.5. The summed E-state index contributed by atoms with van der Waals surface area (Å²) >= 11 is 0. The summed E-state index contributed by atoms with van der Waals surface area (Å²) in [6, 6.07) is -0.750. The van der Waals surface area contributed by atoms with Crippen LogP contribution in [0, 0.1) is 11.3 Å². The van der Waals surface area contributed by atoms with Gasteiger partial charge in [0.1, 0.15) is 6.04 Å². The highest BCUT2D eigenvalue weighted by molar-refractivity contribution is 5.89. The number of amides is 1. The number of aliphatic carboxylic acids is 1. The molecule has 0 saturated carbocycles. The van der Waals surface area contributed by atoms with Crippen LogP contribution in [0.1, 0.15) is 33.1 Å². The Hall–Kier alpha value is -1.10. The summed E-state index contributed by atoms with van der Waals surface area (Å²) in [5.74, 6) is -0.737. The van der Waals surface area contributed by atoms with Crippen molar-refractivity contribution in [2.45, 2.75) is 45.3 Å². The van der Waals surface area contributed by atoms with Crippen molar-refractivity contribution in [3.63, 3.8) is 0 Å². The Kier molecular flexibility index (Phi) is 3.12. The topological polar surface area (TPSA) is 75.6 Å². The molecule has 2 saturated heterocycles. The van der Waals surface area contributed by atoms with Crippen LogP contribution in [0.2, 0.25) is 0 Å². The van der Waals surface area contributed by atoms with Crippen LogP contribution in [0.4, 0.5) is 0 Å². The van der Waals surface area contributed by atoms with Gasteiger partial charge in [-0.05, 0) is 18.8 Å². The molecule has 0 aliphatic carbocycles. The van der Waals surface area contributed by atoms with E-state index in [4.69, 9.17) is 4.74 Å². The zero-order valence-corrected chi connectivity index (χ0v) is 10.2. The lowest BCUT2D eigenvalue weighted by molar-refractivity contribution is -0.146. The molecule has 2 rings (SSSR count). The number of rotatable bonds is 2. The molecule has 0 aromatic rings. The van der Waals surface area contributed by atoms with Crippen molar-refractivity contribution >= 4 is 11.9 Å². The smallest absolute Gasteiger partial charge is 0.326 e. The quantitative estimate of drug-likeness (QED) is 0.749. The van der Waals surface area contributed by atoms with Crippen molar-refractivity contribution in [1.29, 1.82) is 0 Å². The van der Waals surface area contributed by atoms with Crippen molar-refractivity contribution < 1.29 is 19.4 Å². The maximum absolute atomic E-state index is 11.5. The van der Waals surface area contributed by atoms with E-state index in [1.54, 1.807) is 0 Å². The van der Waals surface area contributed by atoms with Crippen LogP contribution >= 0.6 is 0 Å². The molecule has 1 amide bonds. The monoisotopic (exact) mass is 241 g/mol. The van der Waals surface area contributed by atoms with Gasteiger partial charge in [-0.15, -0.1) is 0 Å². The van der Waals surface area contributed by atoms with Gasteiger partial charge in [-0.1, -0.05) is 13.8 Å². The van der Waals surface area contributed by atoms with Crippen LogP contribution in [-0.4, -0.2) is 35.7 Å². The Morgan fingerprint density at radius 2 is 2.29 bits per heavy atom. The Balaban J connectivity index is 2.21. The zero-order valence-electron chi connectivity index (χ0n) is 10.2. The van der Waals surface area contributed by atoms with E-state index in [0.29, 0.717) is 31.8 Å². The third-order valence-electron chi connectivity index (χ3n) is 3.96. The molecule has 5 heteroatoms. The molecule has 0 bridgehead atoms. The van der Waals surface area contributed by atoms with Gasteiger partial charge >= 0.3 is 5.97 Å². The maximum atomic E-state index is 11.5. The molecule has 0 aromatic heterocycles. The number of hydrogen-bond acceptors (Lipinski definition) is 3. The summed E-state index contributed by atoms with van der Waals surface area (Å²) in [6.45, 7) is 4.66. The highest BCUT2D eigenvalue weighted by atomic mass is 16.5. The predicted octanol–water partition coefficient (Wildman–Crippen LogP) is 0.781. The molecule has 0 aromatic carbocycles. The molecule has 2 aliphatic rings. The summed E-state index contributed by atoms with van der Waals surface area (Å²) in [6.07, 6.45) is 1.67. The van der Waals surface area contributed by atoms with Crippen LogP contribution in [0.3, 0.4) is 0 Å². The number of hydrogen-bond donors (Lipinski definition) is 2. The highest BCUT2D eigenvalue weighted by Crippen LogP contribution is 2.44. The van der Waals surface area contributed by atoms with Gasteiger partial charge in [0.2, 0.25) is 5.91 Å². The van der Waals surface area contributed by atoms with E-state index < -0.39 is 17.4 Å². The van der Waals surface area contributed by atoms with Crippen LogP contribution in [-0.2, 0) is 14.3 Å². The molecule has 2 fully saturated rings. The summed E-state index contributed by atoms with van der Waals surface area (Å²) in [7, 11) is 0. The van der Waals surface area contributed by atoms with Crippen molar-refractivity contribution in [3.05, 3.63) is 0 Å². The van der Waals surface area contributed by atoms with Gasteiger partial charge in [0.15, 0.2) is 0 Å². The van der Waals surface area contributed by atoms with Gasteiger partial charge in [-0.3, -0.25) is 4.79 Å². The standard InChI is InChI=1S/C12H19NO4/c1-7(2)8-5-12(3-4-17-8)6-9(14)13-10(12)11(15)16/h7-8,10H,3-6H2,1-2H3,(H,13,14)(H,15,16). The first-order valence-corrected chi connectivity index (χ1v) is 6.08. The van der Waals surface area contributed by atoms with Crippen LogP contribution in [0.5, 0.6) is 0 Å². The van der Waals surface area contributed by atoms with Gasteiger partial charge in [0, 0.05) is 18.4 Å². The lowest BCUT2D eigenvalue weighted by Crippen LogP contribution is -2.49. The minimum atomic E-state index is -0.930. The van der Waals surface area contributed by atoms with E-state index in [0.717, 1.165) is 0 Å². The summed E-state index contributed by atoms with van der Waals surface area (Å²) in [5.41, 5.74) is -0.448. The summed E-state index contributed by atoms with van der Waals surface area (Å²) in [4.78, 5) is 22.7. The van der Waals surface area contributed by atoms with Gasteiger partial charge in [-0.25, -0.2) is 4.79 Å². The van der Waals surface area contributed by atoms with Crippen LogP contribution < -0.4 is 5.32 Å². The Morgan fingerprint density at radius 3 is 2.88 bits per heavy atom. The second kappa shape index (κ2) is 4.29. The first kappa shape index (κ1) is 12.4. The lowest BCUT2D eigenvalue weighted by Gasteiger charge is -2.41. The van der Waals surface area contributed by atoms with Crippen LogP contribution in [0.15, 0.2) is 0 Å². The fourth-order valence-electron chi connectivity index (χ4n) is 2.94. The highest BCUT2D eigenvalue weighted by Gasteiger charge is 2.53. The van der Waals surface area contributed by atoms with Crippen molar-refractivity contribution in [2.75, 3.05) is 6.61 Å². The Bertz CT molecular complexity index is 341. The zero-order chi connectivity index (χ0) is 12.6. The number of carboxylic acid groups (broad SMARTS) is 1. The number of carboxylic acids is 1. The Labute approximate surface area is 101 Å². The first-order chi connectivity index (χ1) is 7.94. The fraction of sp³-hybridized carbons (Fsp3) is 0.833. The molecule has 3 unspecified atom stereocenters. The lowest BCUT2D eigenvalue weighted by atomic mass is 9.70. The van der Waals surface area contributed by atoms with E-state index in [2.05, 4.69) is 19.2 Å². The van der Waals surface area contributed by atoms with Gasteiger partial charge in [0.25, 0.3) is 0 Å². The molecule has 2 heterocycles. The number of nitrogens with one attached hydrogen (secondary N) is 1. The molecule has 1 spiro atoms. The average Bonchev–Trinajstić information content (AvgIpc) is 2.55. The maximum Gasteiger partial charge on any atom is 0.326 e. The molecule has 0 radical (unpaired) electrons. The van der Waals surface area contributed by atoms with E-state index in [1.807, 2.05) is 0 Å². The predicted molar refractivity (Wildman–Crippen MR) is 60.4 cm³/mol. The van der Waals surface area contributed by atoms with Gasteiger partial charge < -0.3 is 15.2 Å². The number of carbonyl (C=O) groups excluding carboxylic acids is 1. The van der Waals surface area contributed by atoms with E-state index >= 15 is 0 Å². The molecule has 3 atom stereocenters.